The number of primary amides is 1. The summed E-state index contributed by atoms with van der Waals surface area (Å²) in [4.78, 5) is 50.6. The Labute approximate surface area is 234 Å². The fraction of sp³-hybridized carbons (Fsp3) is 0.448. The highest BCUT2D eigenvalue weighted by atomic mass is 16.6. The van der Waals surface area contributed by atoms with Crippen LogP contribution >= 0.6 is 0 Å². The number of nitrogens with one attached hydrogen (secondary N) is 2. The first-order valence-corrected chi connectivity index (χ1v) is 13.0. The van der Waals surface area contributed by atoms with E-state index in [4.69, 9.17) is 20.4 Å². The SMILES string of the molecule is Cc1cc(COc2ccc(C3(C)CCN(C(C)C(=O)NO)C3=O)cc2)cc(NC(=O)C(OC(N)=O)C(C)(C)C)c1. The lowest BCUT2D eigenvalue weighted by Gasteiger charge is -2.28. The van der Waals surface area contributed by atoms with Crippen LogP contribution in [0.4, 0.5) is 10.5 Å². The highest BCUT2D eigenvalue weighted by Gasteiger charge is 2.46. The van der Waals surface area contributed by atoms with E-state index in [1.807, 2.05) is 32.0 Å². The van der Waals surface area contributed by atoms with Gasteiger partial charge in [0.25, 0.3) is 11.8 Å². The van der Waals surface area contributed by atoms with Crippen molar-refractivity contribution >= 4 is 29.5 Å². The number of carbonyl (C=O) groups is 4. The molecule has 1 aliphatic heterocycles. The number of rotatable bonds is 9. The maximum atomic E-state index is 13.1. The molecule has 0 saturated carbocycles. The van der Waals surface area contributed by atoms with Crippen LogP contribution in [0.5, 0.6) is 5.75 Å². The van der Waals surface area contributed by atoms with E-state index in [0.717, 1.165) is 16.7 Å². The van der Waals surface area contributed by atoms with Crippen molar-refractivity contribution in [3.05, 3.63) is 59.2 Å². The number of carbonyl (C=O) groups excluding carboxylic acids is 4. The third-order valence-corrected chi connectivity index (χ3v) is 7.10. The summed E-state index contributed by atoms with van der Waals surface area (Å²) >= 11 is 0. The Balaban J connectivity index is 1.67. The van der Waals surface area contributed by atoms with Gasteiger partial charge in [-0.25, -0.2) is 10.3 Å². The Morgan fingerprint density at radius 3 is 2.35 bits per heavy atom. The summed E-state index contributed by atoms with van der Waals surface area (Å²) in [5, 5.41) is 11.7. The van der Waals surface area contributed by atoms with Crippen LogP contribution in [-0.2, 0) is 31.1 Å². The highest BCUT2D eigenvalue weighted by Crippen LogP contribution is 2.37. The Morgan fingerprint density at radius 2 is 1.77 bits per heavy atom. The Hall–Kier alpha value is -4.12. The monoisotopic (exact) mass is 554 g/mol. The van der Waals surface area contributed by atoms with Crippen LogP contribution in [0, 0.1) is 12.3 Å². The maximum absolute atomic E-state index is 13.1. The quantitative estimate of drug-likeness (QED) is 0.273. The molecule has 216 valence electrons. The molecule has 11 nitrogen and oxygen atoms in total. The minimum atomic E-state index is -1.07. The molecule has 0 aromatic heterocycles. The number of hydrogen-bond donors (Lipinski definition) is 4. The van der Waals surface area contributed by atoms with E-state index in [9.17, 15) is 19.2 Å². The van der Waals surface area contributed by atoms with Gasteiger partial charge in [-0.1, -0.05) is 39.0 Å². The third kappa shape index (κ3) is 6.90. The van der Waals surface area contributed by atoms with Crippen LogP contribution in [-0.4, -0.2) is 52.6 Å². The molecule has 40 heavy (non-hydrogen) atoms. The molecular weight excluding hydrogens is 516 g/mol. The maximum Gasteiger partial charge on any atom is 0.405 e. The minimum absolute atomic E-state index is 0.179. The number of amides is 4. The van der Waals surface area contributed by atoms with Gasteiger partial charge in [0, 0.05) is 17.6 Å². The van der Waals surface area contributed by atoms with E-state index in [1.165, 1.54) is 4.90 Å². The van der Waals surface area contributed by atoms with Gasteiger partial charge in [-0.3, -0.25) is 19.6 Å². The Morgan fingerprint density at radius 1 is 1.12 bits per heavy atom. The van der Waals surface area contributed by atoms with E-state index in [-0.39, 0.29) is 12.5 Å². The van der Waals surface area contributed by atoms with E-state index < -0.39 is 40.9 Å². The predicted molar refractivity (Wildman–Crippen MR) is 148 cm³/mol. The first kappa shape index (κ1) is 30.4. The second-order valence-electron chi connectivity index (χ2n) is 11.4. The largest absolute Gasteiger partial charge is 0.489 e. The molecule has 1 saturated heterocycles. The van der Waals surface area contributed by atoms with Crippen molar-refractivity contribution in [3.63, 3.8) is 0 Å². The van der Waals surface area contributed by atoms with Gasteiger partial charge >= 0.3 is 6.09 Å². The van der Waals surface area contributed by atoms with Gasteiger partial charge in [0.2, 0.25) is 5.91 Å². The van der Waals surface area contributed by atoms with Gasteiger partial charge in [0.15, 0.2) is 6.10 Å². The molecule has 11 heteroatoms. The van der Waals surface area contributed by atoms with Crippen molar-refractivity contribution < 1.29 is 33.9 Å². The van der Waals surface area contributed by atoms with Gasteiger partial charge in [-0.2, -0.15) is 0 Å². The number of aryl methyl sites for hydroxylation is 1. The van der Waals surface area contributed by atoms with Crippen molar-refractivity contribution in [3.8, 4) is 5.75 Å². The van der Waals surface area contributed by atoms with E-state index in [0.29, 0.717) is 24.4 Å². The number of ether oxygens (including phenoxy) is 2. The molecular formula is C29H38N4O7. The molecule has 5 N–H and O–H groups in total. The average molecular weight is 555 g/mol. The van der Waals surface area contributed by atoms with Crippen LogP contribution in [0.2, 0.25) is 0 Å². The molecule has 3 unspecified atom stereocenters. The molecule has 0 spiro atoms. The van der Waals surface area contributed by atoms with Gasteiger partial charge in [-0.15, -0.1) is 0 Å². The van der Waals surface area contributed by atoms with E-state index in [1.54, 1.807) is 57.4 Å². The molecule has 1 aliphatic rings. The summed E-state index contributed by atoms with van der Waals surface area (Å²) in [5.74, 6) is -0.702. The summed E-state index contributed by atoms with van der Waals surface area (Å²) in [7, 11) is 0. The van der Waals surface area contributed by atoms with Crippen molar-refractivity contribution in [2.75, 3.05) is 11.9 Å². The molecule has 0 bridgehead atoms. The fourth-order valence-corrected chi connectivity index (χ4v) is 4.79. The summed E-state index contributed by atoms with van der Waals surface area (Å²) < 4.78 is 11.0. The van der Waals surface area contributed by atoms with Gasteiger partial charge < -0.3 is 25.4 Å². The minimum Gasteiger partial charge on any atom is -0.489 e. The van der Waals surface area contributed by atoms with Gasteiger partial charge in [0.05, 0.1) is 5.41 Å². The average Bonchev–Trinajstić information content (AvgIpc) is 3.19. The number of likely N-dealkylation sites (tertiary alicyclic amines) is 1. The lowest BCUT2D eigenvalue weighted by atomic mass is 9.81. The molecule has 1 heterocycles. The summed E-state index contributed by atoms with van der Waals surface area (Å²) in [6.07, 6.45) is -1.56. The van der Waals surface area contributed by atoms with Crippen molar-refractivity contribution in [1.82, 2.24) is 10.4 Å². The molecule has 0 aliphatic carbocycles. The molecule has 4 amide bonds. The molecule has 3 atom stereocenters. The smallest absolute Gasteiger partial charge is 0.405 e. The van der Waals surface area contributed by atoms with Crippen LogP contribution in [0.25, 0.3) is 0 Å². The zero-order valence-corrected chi connectivity index (χ0v) is 23.7. The normalized spacial score (nSPS) is 18.6. The number of hydroxylamine groups is 1. The Bertz CT molecular complexity index is 1270. The van der Waals surface area contributed by atoms with Crippen LogP contribution < -0.4 is 21.3 Å². The molecule has 0 radical (unpaired) electrons. The lowest BCUT2D eigenvalue weighted by Crippen LogP contribution is -2.47. The molecule has 2 aromatic carbocycles. The zero-order valence-electron chi connectivity index (χ0n) is 23.7. The van der Waals surface area contributed by atoms with Gasteiger partial charge in [0.1, 0.15) is 18.4 Å². The Kier molecular flexibility index (Phi) is 9.09. The molecule has 3 rings (SSSR count). The summed E-state index contributed by atoms with van der Waals surface area (Å²) in [6, 6.07) is 12.0. The van der Waals surface area contributed by atoms with Crippen LogP contribution in [0.15, 0.2) is 42.5 Å². The van der Waals surface area contributed by atoms with Crippen LogP contribution in [0.1, 0.15) is 57.7 Å². The number of hydrogen-bond acceptors (Lipinski definition) is 7. The lowest BCUT2D eigenvalue weighted by molar-refractivity contribution is -0.143. The second-order valence-corrected chi connectivity index (χ2v) is 11.4. The van der Waals surface area contributed by atoms with Gasteiger partial charge in [-0.05, 0) is 68.1 Å². The predicted octanol–water partition coefficient (Wildman–Crippen LogP) is 3.41. The van der Waals surface area contributed by atoms with Crippen LogP contribution in [0.3, 0.4) is 0 Å². The fourth-order valence-electron chi connectivity index (χ4n) is 4.79. The summed E-state index contributed by atoms with van der Waals surface area (Å²) in [5.41, 5.74) is 8.35. The topological polar surface area (TPSA) is 160 Å². The number of anilines is 1. The van der Waals surface area contributed by atoms with Crippen molar-refractivity contribution in [2.45, 2.75) is 72.1 Å². The number of nitrogens with two attached hydrogens (primary N) is 1. The first-order valence-electron chi connectivity index (χ1n) is 13.0. The number of benzene rings is 2. The first-order chi connectivity index (χ1) is 18.6. The highest BCUT2D eigenvalue weighted by molar-refractivity contribution is 5.96. The van der Waals surface area contributed by atoms with E-state index in [2.05, 4.69) is 5.32 Å². The van der Waals surface area contributed by atoms with Crippen molar-refractivity contribution in [2.24, 2.45) is 11.1 Å². The van der Waals surface area contributed by atoms with E-state index >= 15 is 0 Å². The molecule has 1 fully saturated rings. The summed E-state index contributed by atoms with van der Waals surface area (Å²) in [6.45, 7) is 11.3. The third-order valence-electron chi connectivity index (χ3n) is 7.10. The molecule has 2 aromatic rings. The second kappa shape index (κ2) is 12.0. The standard InChI is InChI=1S/C29H38N4O7/c1-17-13-19(15-21(14-17)31-25(35)23(28(3,4)5)40-27(30)37)16-39-22-9-7-20(8-10-22)29(6)11-12-33(26(29)36)18(2)24(34)32-38/h7-10,13-15,18,23,38H,11-12,16H2,1-6H3,(H2,30,37)(H,31,35)(H,32,34). The number of nitrogens with zero attached hydrogens (tertiary/aromatic N) is 1. The zero-order chi connectivity index (χ0) is 29.8. The van der Waals surface area contributed by atoms with Crippen molar-refractivity contribution in [1.29, 1.82) is 0 Å².